The molecule has 0 saturated heterocycles. The first kappa shape index (κ1) is 15.8. The average Bonchev–Trinajstić information content (AvgIpc) is 2.51. The minimum absolute atomic E-state index is 0.289. The van der Waals surface area contributed by atoms with Gasteiger partial charge < -0.3 is 5.32 Å². The highest BCUT2D eigenvalue weighted by atomic mass is 19.4. The van der Waals surface area contributed by atoms with Gasteiger partial charge >= 0.3 is 6.18 Å². The minimum atomic E-state index is -4.36. The summed E-state index contributed by atoms with van der Waals surface area (Å²) in [5.74, 6) is -0.342. The fraction of sp³-hybridized carbons (Fsp3) is 0.125. The molecule has 2 rings (SSSR count). The number of pyridine rings is 1. The van der Waals surface area contributed by atoms with Crippen LogP contribution in [0.25, 0.3) is 6.08 Å². The lowest BCUT2D eigenvalue weighted by Gasteiger charge is -2.06. The molecule has 0 atom stereocenters. The zero-order chi connectivity index (χ0) is 16.0. The van der Waals surface area contributed by atoms with Crippen LogP contribution in [0.15, 0.2) is 54.7 Å². The Hall–Kier alpha value is -2.63. The monoisotopic (exact) mass is 306 g/mol. The molecular weight excluding hydrogens is 293 g/mol. The molecule has 22 heavy (non-hydrogen) atoms. The van der Waals surface area contributed by atoms with Crippen molar-refractivity contribution in [2.24, 2.45) is 0 Å². The molecular formula is C16H13F3N2O. The van der Waals surface area contributed by atoms with Crippen molar-refractivity contribution < 1.29 is 18.0 Å². The maximum absolute atomic E-state index is 12.4. The molecule has 114 valence electrons. The highest BCUT2D eigenvalue weighted by Gasteiger charge is 2.29. The smallest absolute Gasteiger partial charge is 0.347 e. The summed E-state index contributed by atoms with van der Waals surface area (Å²) in [7, 11) is 0. The van der Waals surface area contributed by atoms with Crippen LogP contribution in [-0.2, 0) is 17.5 Å². The Kier molecular flexibility index (Phi) is 4.93. The number of hydrogen-bond acceptors (Lipinski definition) is 2. The quantitative estimate of drug-likeness (QED) is 0.879. The maximum Gasteiger partial charge on any atom is 0.416 e. The normalized spacial score (nSPS) is 11.6. The van der Waals surface area contributed by atoms with Crippen LogP contribution in [0.5, 0.6) is 0 Å². The third kappa shape index (κ3) is 4.73. The third-order valence-electron chi connectivity index (χ3n) is 2.84. The molecule has 3 nitrogen and oxygen atoms in total. The van der Waals surface area contributed by atoms with Gasteiger partial charge in [0.15, 0.2) is 0 Å². The number of aromatic nitrogens is 1. The lowest BCUT2D eigenvalue weighted by Crippen LogP contribution is -2.20. The predicted octanol–water partition coefficient (Wildman–Crippen LogP) is 3.43. The van der Waals surface area contributed by atoms with Crippen molar-refractivity contribution >= 4 is 12.0 Å². The Morgan fingerprint density at radius 1 is 1.14 bits per heavy atom. The van der Waals surface area contributed by atoms with Gasteiger partial charge in [-0.1, -0.05) is 18.2 Å². The van der Waals surface area contributed by atoms with E-state index >= 15 is 0 Å². The number of carbonyl (C=O) groups excluding carboxylic acids is 1. The number of halogens is 3. The first-order valence-electron chi connectivity index (χ1n) is 6.48. The molecule has 1 aromatic heterocycles. The minimum Gasteiger partial charge on any atom is -0.347 e. The van der Waals surface area contributed by atoms with Gasteiger partial charge in [0.25, 0.3) is 0 Å². The summed E-state index contributed by atoms with van der Waals surface area (Å²) in [6.07, 6.45) is -0.0126. The van der Waals surface area contributed by atoms with Gasteiger partial charge in [0, 0.05) is 12.3 Å². The average molecular weight is 306 g/mol. The molecule has 1 aromatic carbocycles. The number of rotatable bonds is 4. The molecule has 0 unspecified atom stereocenters. The molecule has 1 N–H and O–H groups in total. The standard InChI is InChI=1S/C16H13F3N2O/c17-16(18,19)13-7-4-12(5-8-13)6-9-15(22)21-11-14-3-1-2-10-20-14/h1-10H,11H2,(H,21,22)/b9-6+. The van der Waals surface area contributed by atoms with E-state index < -0.39 is 11.7 Å². The number of alkyl halides is 3. The lowest BCUT2D eigenvalue weighted by molar-refractivity contribution is -0.137. The van der Waals surface area contributed by atoms with Crippen LogP contribution in [0.2, 0.25) is 0 Å². The largest absolute Gasteiger partial charge is 0.416 e. The lowest BCUT2D eigenvalue weighted by atomic mass is 10.1. The van der Waals surface area contributed by atoms with Gasteiger partial charge in [-0.15, -0.1) is 0 Å². The van der Waals surface area contributed by atoms with E-state index in [1.807, 2.05) is 6.07 Å². The van der Waals surface area contributed by atoms with Crippen LogP contribution in [0.3, 0.4) is 0 Å². The van der Waals surface area contributed by atoms with Gasteiger partial charge in [-0.3, -0.25) is 9.78 Å². The molecule has 0 radical (unpaired) electrons. The van der Waals surface area contributed by atoms with Gasteiger partial charge in [-0.2, -0.15) is 13.2 Å². The van der Waals surface area contributed by atoms with Crippen molar-refractivity contribution in [1.29, 1.82) is 0 Å². The maximum atomic E-state index is 12.4. The number of nitrogens with one attached hydrogen (secondary N) is 1. The molecule has 0 aliphatic rings. The zero-order valence-corrected chi connectivity index (χ0v) is 11.5. The van der Waals surface area contributed by atoms with Crippen molar-refractivity contribution in [2.75, 3.05) is 0 Å². The van der Waals surface area contributed by atoms with Crippen molar-refractivity contribution in [3.63, 3.8) is 0 Å². The Labute approximate surface area is 125 Å². The Balaban J connectivity index is 1.90. The van der Waals surface area contributed by atoms with E-state index in [0.29, 0.717) is 5.56 Å². The molecule has 6 heteroatoms. The Morgan fingerprint density at radius 3 is 2.45 bits per heavy atom. The number of benzene rings is 1. The SMILES string of the molecule is O=C(/C=C/c1ccc(C(F)(F)F)cc1)NCc1ccccn1. The second-order valence-electron chi connectivity index (χ2n) is 4.49. The predicted molar refractivity (Wildman–Crippen MR) is 76.6 cm³/mol. The summed E-state index contributed by atoms with van der Waals surface area (Å²) in [6, 6.07) is 9.94. The van der Waals surface area contributed by atoms with Crippen molar-refractivity contribution in [3.05, 3.63) is 71.6 Å². The van der Waals surface area contributed by atoms with Gasteiger partial charge in [0.2, 0.25) is 5.91 Å². The van der Waals surface area contributed by atoms with Crippen LogP contribution in [-0.4, -0.2) is 10.9 Å². The van der Waals surface area contributed by atoms with Crippen LogP contribution >= 0.6 is 0 Å². The highest BCUT2D eigenvalue weighted by Crippen LogP contribution is 2.29. The first-order valence-corrected chi connectivity index (χ1v) is 6.48. The topological polar surface area (TPSA) is 42.0 Å². The second kappa shape index (κ2) is 6.89. The molecule has 0 bridgehead atoms. The molecule has 0 aliphatic heterocycles. The first-order chi connectivity index (χ1) is 10.4. The van der Waals surface area contributed by atoms with Gasteiger partial charge in [-0.25, -0.2) is 0 Å². The van der Waals surface area contributed by atoms with E-state index in [4.69, 9.17) is 0 Å². The fourth-order valence-corrected chi connectivity index (χ4v) is 1.69. The van der Waals surface area contributed by atoms with Gasteiger partial charge in [-0.05, 0) is 35.9 Å². The van der Waals surface area contributed by atoms with Crippen LogP contribution in [0.4, 0.5) is 13.2 Å². The van der Waals surface area contributed by atoms with Crippen molar-refractivity contribution in [1.82, 2.24) is 10.3 Å². The zero-order valence-electron chi connectivity index (χ0n) is 11.5. The summed E-state index contributed by atoms with van der Waals surface area (Å²) < 4.78 is 37.2. The van der Waals surface area contributed by atoms with Crippen LogP contribution < -0.4 is 5.32 Å². The fourth-order valence-electron chi connectivity index (χ4n) is 1.69. The van der Waals surface area contributed by atoms with Gasteiger partial charge in [0.05, 0.1) is 17.8 Å². The number of amides is 1. The number of carbonyl (C=O) groups is 1. The Morgan fingerprint density at radius 2 is 1.86 bits per heavy atom. The third-order valence-corrected chi connectivity index (χ3v) is 2.84. The number of hydrogen-bond donors (Lipinski definition) is 1. The van der Waals surface area contributed by atoms with E-state index in [1.165, 1.54) is 24.3 Å². The summed E-state index contributed by atoms with van der Waals surface area (Å²) >= 11 is 0. The molecule has 1 amide bonds. The van der Waals surface area contributed by atoms with E-state index in [1.54, 1.807) is 18.3 Å². The van der Waals surface area contributed by atoms with Gasteiger partial charge in [0.1, 0.15) is 0 Å². The van der Waals surface area contributed by atoms with Crippen molar-refractivity contribution in [3.8, 4) is 0 Å². The van der Waals surface area contributed by atoms with E-state index in [9.17, 15) is 18.0 Å². The summed E-state index contributed by atoms with van der Waals surface area (Å²) in [6.45, 7) is 0.289. The molecule has 0 fully saturated rings. The number of nitrogens with zero attached hydrogens (tertiary/aromatic N) is 1. The van der Waals surface area contributed by atoms with E-state index in [2.05, 4.69) is 10.3 Å². The molecule has 1 heterocycles. The highest BCUT2D eigenvalue weighted by molar-refractivity contribution is 5.91. The molecule has 2 aromatic rings. The van der Waals surface area contributed by atoms with Crippen molar-refractivity contribution in [2.45, 2.75) is 12.7 Å². The Bertz CT molecular complexity index is 649. The van der Waals surface area contributed by atoms with Crippen LogP contribution in [0.1, 0.15) is 16.8 Å². The van der Waals surface area contributed by atoms with E-state index in [0.717, 1.165) is 17.8 Å². The van der Waals surface area contributed by atoms with E-state index in [-0.39, 0.29) is 12.5 Å². The molecule has 0 spiro atoms. The molecule has 0 aliphatic carbocycles. The summed E-state index contributed by atoms with van der Waals surface area (Å²) in [5.41, 5.74) is 0.518. The summed E-state index contributed by atoms with van der Waals surface area (Å²) in [5, 5.41) is 2.64. The summed E-state index contributed by atoms with van der Waals surface area (Å²) in [4.78, 5) is 15.7. The second-order valence-corrected chi connectivity index (χ2v) is 4.49. The molecule has 0 saturated carbocycles. The van der Waals surface area contributed by atoms with Crippen LogP contribution in [0, 0.1) is 0 Å².